The SMILES string of the molecule is CCNC(CC(C)C)c1ccc(Br)cc1F. The zero-order valence-corrected chi connectivity index (χ0v) is 11.6. The van der Waals surface area contributed by atoms with Crippen LogP contribution in [0, 0.1) is 11.7 Å². The van der Waals surface area contributed by atoms with Crippen LogP contribution in [0.1, 0.15) is 38.8 Å². The lowest BCUT2D eigenvalue weighted by molar-refractivity contribution is 0.423. The van der Waals surface area contributed by atoms with Gasteiger partial charge in [-0.1, -0.05) is 42.8 Å². The zero-order valence-electron chi connectivity index (χ0n) is 10.1. The van der Waals surface area contributed by atoms with Gasteiger partial charge in [-0.3, -0.25) is 0 Å². The zero-order chi connectivity index (χ0) is 12.1. The van der Waals surface area contributed by atoms with Crippen molar-refractivity contribution in [1.82, 2.24) is 5.32 Å². The maximum absolute atomic E-state index is 13.8. The summed E-state index contributed by atoms with van der Waals surface area (Å²) in [5.41, 5.74) is 0.763. The van der Waals surface area contributed by atoms with Crippen molar-refractivity contribution in [3.8, 4) is 0 Å². The molecule has 1 N–H and O–H groups in total. The van der Waals surface area contributed by atoms with Gasteiger partial charge < -0.3 is 5.32 Å². The smallest absolute Gasteiger partial charge is 0.129 e. The van der Waals surface area contributed by atoms with Crippen LogP contribution in [0.25, 0.3) is 0 Å². The molecule has 1 atom stereocenters. The highest BCUT2D eigenvalue weighted by molar-refractivity contribution is 9.10. The Morgan fingerprint density at radius 2 is 2.06 bits per heavy atom. The van der Waals surface area contributed by atoms with Gasteiger partial charge in [0.05, 0.1) is 0 Å². The van der Waals surface area contributed by atoms with Crippen LogP contribution in [0.2, 0.25) is 0 Å². The highest BCUT2D eigenvalue weighted by Gasteiger charge is 2.16. The molecule has 1 rings (SSSR count). The molecule has 0 aliphatic carbocycles. The molecule has 90 valence electrons. The quantitative estimate of drug-likeness (QED) is 0.852. The molecule has 16 heavy (non-hydrogen) atoms. The molecule has 0 aromatic heterocycles. The van der Waals surface area contributed by atoms with E-state index < -0.39 is 0 Å². The van der Waals surface area contributed by atoms with Crippen molar-refractivity contribution < 1.29 is 4.39 Å². The summed E-state index contributed by atoms with van der Waals surface area (Å²) in [5, 5.41) is 3.34. The lowest BCUT2D eigenvalue weighted by Gasteiger charge is -2.21. The molecule has 0 radical (unpaired) electrons. The van der Waals surface area contributed by atoms with E-state index in [9.17, 15) is 4.39 Å². The van der Waals surface area contributed by atoms with Crippen molar-refractivity contribution in [3.63, 3.8) is 0 Å². The molecule has 3 heteroatoms. The summed E-state index contributed by atoms with van der Waals surface area (Å²) in [4.78, 5) is 0. The molecule has 0 heterocycles. The first-order valence-corrected chi connectivity index (χ1v) is 6.52. The molecule has 0 fully saturated rings. The first-order chi connectivity index (χ1) is 7.54. The summed E-state index contributed by atoms with van der Waals surface area (Å²) in [6.07, 6.45) is 0.951. The van der Waals surface area contributed by atoms with Crippen LogP contribution in [0.3, 0.4) is 0 Å². The number of rotatable bonds is 5. The van der Waals surface area contributed by atoms with Crippen molar-refractivity contribution in [2.24, 2.45) is 5.92 Å². The first kappa shape index (κ1) is 13.7. The Hall–Kier alpha value is -0.410. The van der Waals surface area contributed by atoms with Crippen LogP contribution in [-0.4, -0.2) is 6.54 Å². The van der Waals surface area contributed by atoms with Crippen molar-refractivity contribution >= 4 is 15.9 Å². The van der Waals surface area contributed by atoms with Crippen molar-refractivity contribution in [3.05, 3.63) is 34.1 Å². The van der Waals surface area contributed by atoms with E-state index >= 15 is 0 Å². The van der Waals surface area contributed by atoms with Crippen LogP contribution in [0.5, 0.6) is 0 Å². The maximum atomic E-state index is 13.8. The summed E-state index contributed by atoms with van der Waals surface area (Å²) in [6.45, 7) is 7.21. The topological polar surface area (TPSA) is 12.0 Å². The predicted molar refractivity (Wildman–Crippen MR) is 70.0 cm³/mol. The highest BCUT2D eigenvalue weighted by atomic mass is 79.9. The van der Waals surface area contributed by atoms with Crippen LogP contribution in [0.15, 0.2) is 22.7 Å². The van der Waals surface area contributed by atoms with Gasteiger partial charge in [0, 0.05) is 16.1 Å². The van der Waals surface area contributed by atoms with E-state index in [1.165, 1.54) is 6.07 Å². The monoisotopic (exact) mass is 287 g/mol. The van der Waals surface area contributed by atoms with E-state index in [0.29, 0.717) is 5.92 Å². The second kappa shape index (κ2) is 6.36. The molecule has 0 amide bonds. The van der Waals surface area contributed by atoms with Crippen LogP contribution >= 0.6 is 15.9 Å². The standard InChI is InChI=1S/C13H19BrFN/c1-4-16-13(7-9(2)3)11-6-5-10(14)8-12(11)15/h5-6,8-9,13,16H,4,7H2,1-3H3. The molecule has 0 aliphatic heterocycles. The molecular formula is C13H19BrFN. The predicted octanol–water partition coefficient (Wildman–Crippen LogP) is 4.28. The number of hydrogen-bond donors (Lipinski definition) is 1. The van der Waals surface area contributed by atoms with Crippen LogP contribution < -0.4 is 5.32 Å². The molecule has 0 spiro atoms. The molecule has 0 saturated heterocycles. The normalized spacial score (nSPS) is 13.1. The van der Waals surface area contributed by atoms with Gasteiger partial charge in [-0.2, -0.15) is 0 Å². The third-order valence-electron chi connectivity index (χ3n) is 2.50. The summed E-state index contributed by atoms with van der Waals surface area (Å²) in [7, 11) is 0. The van der Waals surface area contributed by atoms with E-state index in [0.717, 1.165) is 23.0 Å². The molecule has 1 unspecified atom stereocenters. The fourth-order valence-corrected chi connectivity index (χ4v) is 2.16. The van der Waals surface area contributed by atoms with E-state index in [1.54, 1.807) is 0 Å². The molecule has 1 nitrogen and oxygen atoms in total. The summed E-state index contributed by atoms with van der Waals surface area (Å²) < 4.78 is 14.6. The third kappa shape index (κ3) is 3.87. The largest absolute Gasteiger partial charge is 0.310 e. The molecule has 1 aromatic carbocycles. The van der Waals surface area contributed by atoms with Gasteiger partial charge >= 0.3 is 0 Å². The van der Waals surface area contributed by atoms with Gasteiger partial charge in [0.2, 0.25) is 0 Å². The average Bonchev–Trinajstić information content (AvgIpc) is 2.16. The Morgan fingerprint density at radius 1 is 1.38 bits per heavy atom. The third-order valence-corrected chi connectivity index (χ3v) is 2.99. The second-order valence-corrected chi connectivity index (χ2v) is 5.32. The Morgan fingerprint density at radius 3 is 2.56 bits per heavy atom. The summed E-state index contributed by atoms with van der Waals surface area (Å²) >= 11 is 3.27. The Bertz CT molecular complexity index is 339. The van der Waals surface area contributed by atoms with Gasteiger partial charge in [0.1, 0.15) is 5.82 Å². The lowest BCUT2D eigenvalue weighted by atomic mass is 9.96. The van der Waals surface area contributed by atoms with E-state index in [4.69, 9.17) is 0 Å². The number of halogens is 2. The van der Waals surface area contributed by atoms with Gasteiger partial charge in [0.25, 0.3) is 0 Å². The Balaban J connectivity index is 2.91. The lowest BCUT2D eigenvalue weighted by Crippen LogP contribution is -2.23. The van der Waals surface area contributed by atoms with Gasteiger partial charge in [-0.05, 0) is 31.0 Å². The Kier molecular flexibility index (Phi) is 5.42. The summed E-state index contributed by atoms with van der Waals surface area (Å²) in [6, 6.07) is 5.39. The number of nitrogens with one attached hydrogen (secondary N) is 1. The first-order valence-electron chi connectivity index (χ1n) is 5.73. The van der Waals surface area contributed by atoms with Crippen molar-refractivity contribution in [1.29, 1.82) is 0 Å². The fraction of sp³-hybridized carbons (Fsp3) is 0.538. The Labute approximate surface area is 106 Å². The van der Waals surface area contributed by atoms with Crippen molar-refractivity contribution in [2.75, 3.05) is 6.54 Å². The maximum Gasteiger partial charge on any atom is 0.129 e. The number of benzene rings is 1. The number of hydrogen-bond acceptors (Lipinski definition) is 1. The van der Waals surface area contributed by atoms with E-state index in [2.05, 4.69) is 35.1 Å². The molecular weight excluding hydrogens is 269 g/mol. The average molecular weight is 288 g/mol. The molecule has 0 saturated carbocycles. The van der Waals surface area contributed by atoms with Crippen LogP contribution in [-0.2, 0) is 0 Å². The van der Waals surface area contributed by atoms with Gasteiger partial charge in [0.15, 0.2) is 0 Å². The van der Waals surface area contributed by atoms with Crippen LogP contribution in [0.4, 0.5) is 4.39 Å². The molecule has 0 aliphatic rings. The minimum absolute atomic E-state index is 0.109. The molecule has 0 bridgehead atoms. The minimum atomic E-state index is -0.138. The van der Waals surface area contributed by atoms with E-state index in [1.807, 2.05) is 19.1 Å². The van der Waals surface area contributed by atoms with E-state index in [-0.39, 0.29) is 11.9 Å². The molecule has 1 aromatic rings. The minimum Gasteiger partial charge on any atom is -0.310 e. The van der Waals surface area contributed by atoms with Gasteiger partial charge in [-0.15, -0.1) is 0 Å². The summed E-state index contributed by atoms with van der Waals surface area (Å²) in [5.74, 6) is 0.410. The highest BCUT2D eigenvalue weighted by Crippen LogP contribution is 2.25. The van der Waals surface area contributed by atoms with Crippen molar-refractivity contribution in [2.45, 2.75) is 33.2 Å². The van der Waals surface area contributed by atoms with Gasteiger partial charge in [-0.25, -0.2) is 4.39 Å². The second-order valence-electron chi connectivity index (χ2n) is 4.41. The fourth-order valence-electron chi connectivity index (χ4n) is 1.82.